The molecule has 0 saturated heterocycles. The number of hydrogen-bond acceptors (Lipinski definition) is 3. The Balaban J connectivity index is 2.17. The van der Waals surface area contributed by atoms with E-state index in [9.17, 15) is 13.2 Å². The maximum Gasteiger partial charge on any atom is 0.328 e. The number of anilines is 1. The Bertz CT molecular complexity index is 1150. The first kappa shape index (κ1) is 17.3. The smallest absolute Gasteiger partial charge is 0.295 e. The molecule has 3 aromatic rings. The summed E-state index contributed by atoms with van der Waals surface area (Å²) in [5, 5.41) is 0. The molecule has 25 heavy (non-hydrogen) atoms. The average molecular weight is 359 g/mol. The van der Waals surface area contributed by atoms with Gasteiger partial charge in [-0.15, -0.1) is 0 Å². The van der Waals surface area contributed by atoms with Crippen molar-refractivity contribution in [2.24, 2.45) is 14.1 Å². The van der Waals surface area contributed by atoms with Gasteiger partial charge in [-0.2, -0.15) is 0 Å². The standard InChI is InChI=1S/C18H21N3O3S/c1-11-6-7-12(2)14(8-11)19-25(23,24)17-10-16-15(9-13(17)3)20(4)18(22)21(16)5/h6-10,19H,1-5H3. The number of benzene rings is 2. The highest BCUT2D eigenvalue weighted by molar-refractivity contribution is 7.92. The Morgan fingerprint density at radius 3 is 2.12 bits per heavy atom. The highest BCUT2D eigenvalue weighted by atomic mass is 32.2. The van der Waals surface area contributed by atoms with Gasteiger partial charge in [0, 0.05) is 14.1 Å². The number of aryl methyl sites for hydroxylation is 5. The van der Waals surface area contributed by atoms with E-state index in [1.54, 1.807) is 39.2 Å². The fourth-order valence-electron chi connectivity index (χ4n) is 2.97. The van der Waals surface area contributed by atoms with Gasteiger partial charge in [0.1, 0.15) is 0 Å². The SMILES string of the molecule is Cc1ccc(C)c(NS(=O)(=O)c2cc3c(cc2C)n(C)c(=O)n3C)c1. The second kappa shape index (κ2) is 5.77. The van der Waals surface area contributed by atoms with Crippen LogP contribution in [-0.2, 0) is 24.1 Å². The van der Waals surface area contributed by atoms with Crippen LogP contribution in [0.25, 0.3) is 11.0 Å². The van der Waals surface area contributed by atoms with Crippen LogP contribution in [0.15, 0.2) is 40.0 Å². The lowest BCUT2D eigenvalue weighted by Gasteiger charge is -2.13. The molecule has 0 aliphatic heterocycles. The molecule has 0 aliphatic carbocycles. The first-order chi connectivity index (χ1) is 11.6. The summed E-state index contributed by atoms with van der Waals surface area (Å²) in [5.74, 6) is 0. The molecular weight excluding hydrogens is 338 g/mol. The summed E-state index contributed by atoms with van der Waals surface area (Å²) < 4.78 is 31.5. The fourth-order valence-corrected chi connectivity index (χ4v) is 4.33. The highest BCUT2D eigenvalue weighted by Gasteiger charge is 2.21. The van der Waals surface area contributed by atoms with Crippen molar-refractivity contribution in [3.05, 3.63) is 57.5 Å². The van der Waals surface area contributed by atoms with Crippen LogP contribution in [0.2, 0.25) is 0 Å². The van der Waals surface area contributed by atoms with Gasteiger partial charge in [-0.05, 0) is 55.7 Å². The van der Waals surface area contributed by atoms with Gasteiger partial charge in [0.2, 0.25) is 0 Å². The quantitative estimate of drug-likeness (QED) is 0.781. The zero-order chi connectivity index (χ0) is 18.5. The number of aromatic nitrogens is 2. The molecule has 0 bridgehead atoms. The third-order valence-electron chi connectivity index (χ3n) is 4.50. The monoisotopic (exact) mass is 359 g/mol. The minimum atomic E-state index is -3.77. The van der Waals surface area contributed by atoms with E-state index in [2.05, 4.69) is 4.72 Å². The first-order valence-corrected chi connectivity index (χ1v) is 9.36. The molecule has 7 heteroatoms. The molecule has 1 heterocycles. The van der Waals surface area contributed by atoms with Crippen molar-refractivity contribution < 1.29 is 8.42 Å². The number of sulfonamides is 1. The molecule has 0 fully saturated rings. The van der Waals surface area contributed by atoms with Crippen molar-refractivity contribution in [1.29, 1.82) is 0 Å². The maximum absolute atomic E-state index is 12.9. The molecule has 0 atom stereocenters. The molecular formula is C18H21N3O3S. The Labute approximate surface area is 146 Å². The molecule has 1 aromatic heterocycles. The van der Waals surface area contributed by atoms with Gasteiger partial charge in [0.05, 0.1) is 21.6 Å². The van der Waals surface area contributed by atoms with Crippen molar-refractivity contribution in [3.63, 3.8) is 0 Å². The van der Waals surface area contributed by atoms with E-state index < -0.39 is 10.0 Å². The third-order valence-corrected chi connectivity index (χ3v) is 6.00. The molecule has 6 nitrogen and oxygen atoms in total. The summed E-state index contributed by atoms with van der Waals surface area (Å²) in [6, 6.07) is 8.90. The lowest BCUT2D eigenvalue weighted by molar-refractivity contribution is 0.600. The number of fused-ring (bicyclic) bond motifs is 1. The predicted octanol–water partition coefficient (Wildman–Crippen LogP) is 2.60. The van der Waals surface area contributed by atoms with Gasteiger partial charge in [-0.3, -0.25) is 13.9 Å². The lowest BCUT2D eigenvalue weighted by Crippen LogP contribution is -2.19. The van der Waals surface area contributed by atoms with Crippen LogP contribution in [0.1, 0.15) is 16.7 Å². The number of imidazole rings is 1. The molecule has 0 unspecified atom stereocenters. The molecule has 0 radical (unpaired) electrons. The van der Waals surface area contributed by atoms with E-state index in [0.717, 1.165) is 11.1 Å². The maximum atomic E-state index is 12.9. The summed E-state index contributed by atoms with van der Waals surface area (Å²) in [4.78, 5) is 12.3. The molecule has 2 aromatic carbocycles. The Hall–Kier alpha value is -2.54. The minimum absolute atomic E-state index is 0.169. The Kier molecular flexibility index (Phi) is 3.99. The largest absolute Gasteiger partial charge is 0.328 e. The van der Waals surface area contributed by atoms with Crippen molar-refractivity contribution in [2.75, 3.05) is 4.72 Å². The first-order valence-electron chi connectivity index (χ1n) is 7.88. The number of hydrogen-bond donors (Lipinski definition) is 1. The van der Waals surface area contributed by atoms with Gasteiger partial charge in [-0.25, -0.2) is 13.2 Å². The van der Waals surface area contributed by atoms with Crippen LogP contribution in [0.5, 0.6) is 0 Å². The molecule has 3 rings (SSSR count). The van der Waals surface area contributed by atoms with Crippen LogP contribution in [0.3, 0.4) is 0 Å². The summed E-state index contributed by atoms with van der Waals surface area (Å²) in [6.45, 7) is 5.50. The fraction of sp³-hybridized carbons (Fsp3) is 0.278. The Morgan fingerprint density at radius 1 is 0.880 bits per heavy atom. The third kappa shape index (κ3) is 2.84. The molecule has 0 amide bonds. The summed E-state index contributed by atoms with van der Waals surface area (Å²) in [5.41, 5.74) is 4.07. The topological polar surface area (TPSA) is 73.1 Å². The van der Waals surface area contributed by atoms with Crippen molar-refractivity contribution in [3.8, 4) is 0 Å². The van der Waals surface area contributed by atoms with Gasteiger partial charge >= 0.3 is 5.69 Å². The molecule has 0 aliphatic rings. The summed E-state index contributed by atoms with van der Waals surface area (Å²) in [7, 11) is -0.463. The van der Waals surface area contributed by atoms with Gasteiger partial charge in [-0.1, -0.05) is 12.1 Å². The number of nitrogens with one attached hydrogen (secondary N) is 1. The van der Waals surface area contributed by atoms with E-state index >= 15 is 0 Å². The average Bonchev–Trinajstić information content (AvgIpc) is 2.74. The van der Waals surface area contributed by atoms with E-state index in [-0.39, 0.29) is 10.6 Å². The summed E-state index contributed by atoms with van der Waals surface area (Å²) >= 11 is 0. The van der Waals surface area contributed by atoms with Gasteiger partial charge in [0.25, 0.3) is 10.0 Å². The van der Waals surface area contributed by atoms with Crippen LogP contribution in [0.4, 0.5) is 5.69 Å². The molecule has 1 N–H and O–H groups in total. The molecule has 132 valence electrons. The van der Waals surface area contributed by atoms with Crippen LogP contribution >= 0.6 is 0 Å². The number of rotatable bonds is 3. The predicted molar refractivity (Wildman–Crippen MR) is 99.6 cm³/mol. The van der Waals surface area contributed by atoms with Crippen molar-refractivity contribution in [1.82, 2.24) is 9.13 Å². The minimum Gasteiger partial charge on any atom is -0.295 e. The van der Waals surface area contributed by atoms with Crippen LogP contribution < -0.4 is 10.4 Å². The normalized spacial score (nSPS) is 11.9. The van der Waals surface area contributed by atoms with Crippen LogP contribution in [0, 0.1) is 20.8 Å². The second-order valence-corrected chi connectivity index (χ2v) is 8.08. The van der Waals surface area contributed by atoms with Crippen LogP contribution in [-0.4, -0.2) is 17.6 Å². The van der Waals surface area contributed by atoms with E-state index in [4.69, 9.17) is 0 Å². The van der Waals surface area contributed by atoms with Crippen molar-refractivity contribution >= 4 is 26.7 Å². The Morgan fingerprint density at radius 2 is 1.48 bits per heavy atom. The van der Waals surface area contributed by atoms with Crippen molar-refractivity contribution in [2.45, 2.75) is 25.7 Å². The van der Waals surface area contributed by atoms with Gasteiger partial charge < -0.3 is 0 Å². The van der Waals surface area contributed by atoms with E-state index in [1.165, 1.54) is 9.13 Å². The zero-order valence-corrected chi connectivity index (χ0v) is 15.7. The van der Waals surface area contributed by atoms with E-state index in [0.29, 0.717) is 22.3 Å². The molecule has 0 saturated carbocycles. The van der Waals surface area contributed by atoms with E-state index in [1.807, 2.05) is 26.0 Å². The van der Waals surface area contributed by atoms with Gasteiger partial charge in [0.15, 0.2) is 0 Å². The second-order valence-electron chi connectivity index (χ2n) is 6.43. The highest BCUT2D eigenvalue weighted by Crippen LogP contribution is 2.26. The molecule has 0 spiro atoms. The summed E-state index contributed by atoms with van der Waals surface area (Å²) in [6.07, 6.45) is 0. The number of nitrogens with zero attached hydrogens (tertiary/aromatic N) is 2. The lowest BCUT2D eigenvalue weighted by atomic mass is 10.1. The zero-order valence-electron chi connectivity index (χ0n) is 14.9.